The second kappa shape index (κ2) is 7.71. The first kappa shape index (κ1) is 18.3. The van der Waals surface area contributed by atoms with Crippen LogP contribution in [0.2, 0.25) is 5.02 Å². The summed E-state index contributed by atoms with van der Waals surface area (Å²) in [5, 5.41) is 13.3. The first-order valence-electron chi connectivity index (χ1n) is 6.95. The molecule has 9 heteroatoms. The predicted molar refractivity (Wildman–Crippen MR) is 88.2 cm³/mol. The van der Waals surface area contributed by atoms with Gasteiger partial charge in [-0.15, -0.1) is 0 Å². The molecule has 2 aromatic carbocycles. The zero-order chi connectivity index (χ0) is 18.6. The minimum Gasteiger partial charge on any atom is -0.452 e. The maximum atomic E-state index is 13.6. The Balaban J connectivity index is 2.00. The van der Waals surface area contributed by atoms with E-state index in [0.717, 1.165) is 12.1 Å². The lowest BCUT2D eigenvalue weighted by Gasteiger charge is -2.09. The molecule has 0 spiro atoms. The Morgan fingerprint density at radius 1 is 1.28 bits per heavy atom. The molecular weight excluding hydrogens is 355 g/mol. The maximum Gasteiger partial charge on any atom is 0.341 e. The number of carbonyl (C=O) groups excluding carboxylic acids is 2. The third kappa shape index (κ3) is 4.74. The minimum atomic E-state index is -1.03. The van der Waals surface area contributed by atoms with E-state index in [1.54, 1.807) is 6.92 Å². The van der Waals surface area contributed by atoms with Gasteiger partial charge in [0.15, 0.2) is 6.61 Å². The second-order valence-electron chi connectivity index (χ2n) is 5.00. The second-order valence-corrected chi connectivity index (χ2v) is 5.44. The fourth-order valence-corrected chi connectivity index (χ4v) is 2.07. The van der Waals surface area contributed by atoms with E-state index in [9.17, 15) is 24.1 Å². The van der Waals surface area contributed by atoms with Crippen LogP contribution in [-0.4, -0.2) is 23.4 Å². The molecule has 0 aliphatic heterocycles. The highest BCUT2D eigenvalue weighted by atomic mass is 35.5. The highest BCUT2D eigenvalue weighted by molar-refractivity contribution is 6.30. The van der Waals surface area contributed by atoms with Gasteiger partial charge in [-0.3, -0.25) is 14.9 Å². The smallest absolute Gasteiger partial charge is 0.341 e. The van der Waals surface area contributed by atoms with Gasteiger partial charge in [0.2, 0.25) is 0 Å². The Morgan fingerprint density at radius 3 is 2.64 bits per heavy atom. The molecule has 0 radical (unpaired) electrons. The molecule has 2 aromatic rings. The summed E-state index contributed by atoms with van der Waals surface area (Å²) >= 11 is 5.59. The third-order valence-corrected chi connectivity index (χ3v) is 3.43. The number of ether oxygens (including phenoxy) is 1. The summed E-state index contributed by atoms with van der Waals surface area (Å²) in [6, 6.07) is 7.37. The number of carbonyl (C=O) groups is 2. The molecule has 0 saturated carbocycles. The number of nitro groups is 1. The van der Waals surface area contributed by atoms with Crippen LogP contribution in [0.4, 0.5) is 15.8 Å². The molecule has 7 nitrogen and oxygen atoms in total. The van der Waals surface area contributed by atoms with Crippen molar-refractivity contribution in [1.29, 1.82) is 0 Å². The Hall–Kier alpha value is -3.00. The van der Waals surface area contributed by atoms with Gasteiger partial charge in [0.05, 0.1) is 16.2 Å². The van der Waals surface area contributed by atoms with E-state index in [1.165, 1.54) is 24.3 Å². The Labute approximate surface area is 146 Å². The Morgan fingerprint density at radius 2 is 2.00 bits per heavy atom. The van der Waals surface area contributed by atoms with Crippen molar-refractivity contribution >= 4 is 34.9 Å². The molecule has 0 heterocycles. The van der Waals surface area contributed by atoms with E-state index in [-0.39, 0.29) is 22.0 Å². The number of nitro benzene ring substituents is 1. The minimum absolute atomic E-state index is 0.118. The maximum absolute atomic E-state index is 13.6. The standard InChI is InChI=1S/C16H12ClFN2O5/c1-9-2-4-11(20(23)24)7-14(9)19-15(21)8-25-16(22)12-5-3-10(17)6-13(12)18/h2-7H,8H2,1H3,(H,19,21). The van der Waals surface area contributed by atoms with E-state index in [0.29, 0.717) is 5.56 Å². The predicted octanol–water partition coefficient (Wildman–Crippen LogP) is 3.49. The number of nitrogens with one attached hydrogen (secondary N) is 1. The summed E-state index contributed by atoms with van der Waals surface area (Å²) in [5.74, 6) is -2.61. The molecule has 1 amide bonds. The summed E-state index contributed by atoms with van der Waals surface area (Å²) in [4.78, 5) is 33.8. The van der Waals surface area contributed by atoms with E-state index < -0.39 is 29.2 Å². The van der Waals surface area contributed by atoms with Crippen molar-refractivity contribution in [2.24, 2.45) is 0 Å². The number of rotatable bonds is 5. The van der Waals surface area contributed by atoms with Crippen LogP contribution in [0, 0.1) is 22.9 Å². The first-order valence-corrected chi connectivity index (χ1v) is 7.33. The van der Waals surface area contributed by atoms with Crippen molar-refractivity contribution in [3.05, 3.63) is 68.5 Å². The topological polar surface area (TPSA) is 98.5 Å². The molecule has 0 aliphatic rings. The summed E-state index contributed by atoms with van der Waals surface area (Å²) < 4.78 is 18.3. The lowest BCUT2D eigenvalue weighted by Crippen LogP contribution is -2.21. The van der Waals surface area contributed by atoms with Gasteiger partial charge in [0.25, 0.3) is 11.6 Å². The normalized spacial score (nSPS) is 10.2. The van der Waals surface area contributed by atoms with Gasteiger partial charge in [0, 0.05) is 17.2 Å². The van der Waals surface area contributed by atoms with Gasteiger partial charge in [-0.25, -0.2) is 9.18 Å². The summed E-state index contributed by atoms with van der Waals surface area (Å²) in [6.45, 7) is 0.970. The van der Waals surface area contributed by atoms with Crippen molar-refractivity contribution in [2.75, 3.05) is 11.9 Å². The number of hydrogen-bond acceptors (Lipinski definition) is 5. The molecule has 0 atom stereocenters. The highest BCUT2D eigenvalue weighted by Gasteiger charge is 2.16. The fourth-order valence-electron chi connectivity index (χ4n) is 1.91. The Bertz CT molecular complexity index is 856. The number of aryl methyl sites for hydroxylation is 1. The van der Waals surface area contributed by atoms with Crippen molar-refractivity contribution in [2.45, 2.75) is 6.92 Å². The van der Waals surface area contributed by atoms with E-state index in [2.05, 4.69) is 5.32 Å². The number of non-ortho nitro benzene ring substituents is 1. The molecule has 0 aromatic heterocycles. The largest absolute Gasteiger partial charge is 0.452 e. The molecule has 0 saturated heterocycles. The summed E-state index contributed by atoms with van der Waals surface area (Å²) in [6.07, 6.45) is 0. The number of nitrogens with zero attached hydrogens (tertiary/aromatic N) is 1. The Kier molecular flexibility index (Phi) is 5.66. The quantitative estimate of drug-likeness (QED) is 0.496. The number of hydrogen-bond donors (Lipinski definition) is 1. The van der Waals surface area contributed by atoms with Crippen molar-refractivity contribution in [3.8, 4) is 0 Å². The average Bonchev–Trinajstić information content (AvgIpc) is 2.54. The van der Waals surface area contributed by atoms with Crippen LogP contribution in [0.15, 0.2) is 36.4 Å². The average molecular weight is 367 g/mol. The van der Waals surface area contributed by atoms with Crippen LogP contribution >= 0.6 is 11.6 Å². The van der Waals surface area contributed by atoms with Crippen LogP contribution in [-0.2, 0) is 9.53 Å². The molecule has 1 N–H and O–H groups in total. The molecule has 130 valence electrons. The molecular formula is C16H12ClFN2O5. The molecule has 0 aliphatic carbocycles. The summed E-state index contributed by atoms with van der Waals surface area (Å²) in [7, 11) is 0. The molecule has 25 heavy (non-hydrogen) atoms. The zero-order valence-corrected chi connectivity index (χ0v) is 13.7. The molecule has 0 unspecified atom stereocenters. The highest BCUT2D eigenvalue weighted by Crippen LogP contribution is 2.22. The lowest BCUT2D eigenvalue weighted by atomic mass is 10.2. The molecule has 0 bridgehead atoms. The van der Waals surface area contributed by atoms with Crippen molar-refractivity contribution in [1.82, 2.24) is 0 Å². The SMILES string of the molecule is Cc1ccc([N+](=O)[O-])cc1NC(=O)COC(=O)c1ccc(Cl)cc1F. The lowest BCUT2D eigenvalue weighted by molar-refractivity contribution is -0.384. The number of halogens is 2. The number of esters is 1. The first-order chi connectivity index (χ1) is 11.8. The summed E-state index contributed by atoms with van der Waals surface area (Å²) in [5.41, 5.74) is 0.256. The van der Waals surface area contributed by atoms with Gasteiger partial charge in [-0.05, 0) is 30.7 Å². The van der Waals surface area contributed by atoms with Gasteiger partial charge in [0.1, 0.15) is 5.82 Å². The molecule has 0 fully saturated rings. The van der Waals surface area contributed by atoms with Crippen LogP contribution in [0.3, 0.4) is 0 Å². The van der Waals surface area contributed by atoms with E-state index >= 15 is 0 Å². The van der Waals surface area contributed by atoms with Crippen LogP contribution < -0.4 is 5.32 Å². The van der Waals surface area contributed by atoms with Crippen LogP contribution in [0.5, 0.6) is 0 Å². The van der Waals surface area contributed by atoms with Gasteiger partial charge < -0.3 is 10.1 Å². The number of benzene rings is 2. The van der Waals surface area contributed by atoms with Gasteiger partial charge >= 0.3 is 5.97 Å². The van der Waals surface area contributed by atoms with Crippen molar-refractivity contribution in [3.63, 3.8) is 0 Å². The molecule has 2 rings (SSSR count). The van der Waals surface area contributed by atoms with Crippen molar-refractivity contribution < 1.29 is 23.6 Å². The number of anilines is 1. The van der Waals surface area contributed by atoms with E-state index in [4.69, 9.17) is 16.3 Å². The van der Waals surface area contributed by atoms with Crippen LogP contribution in [0.1, 0.15) is 15.9 Å². The van der Waals surface area contributed by atoms with E-state index in [1.807, 2.05) is 0 Å². The third-order valence-electron chi connectivity index (χ3n) is 3.19. The van der Waals surface area contributed by atoms with Crippen LogP contribution in [0.25, 0.3) is 0 Å². The number of amides is 1. The van der Waals surface area contributed by atoms with Gasteiger partial charge in [-0.2, -0.15) is 0 Å². The fraction of sp³-hybridized carbons (Fsp3) is 0.125. The van der Waals surface area contributed by atoms with Gasteiger partial charge in [-0.1, -0.05) is 17.7 Å². The monoisotopic (exact) mass is 366 g/mol. The zero-order valence-electron chi connectivity index (χ0n) is 12.9.